The Kier molecular flexibility index (Phi) is 10.5. The van der Waals surface area contributed by atoms with Gasteiger partial charge in [-0.25, -0.2) is 0 Å². The Morgan fingerprint density at radius 3 is 2.27 bits per heavy atom. The van der Waals surface area contributed by atoms with E-state index < -0.39 is 0 Å². The van der Waals surface area contributed by atoms with Crippen LogP contribution in [0.5, 0.6) is 0 Å². The lowest BCUT2D eigenvalue weighted by molar-refractivity contribution is 0.900. The highest BCUT2D eigenvalue weighted by atomic mass is 35.5. The molecule has 4 N–H and O–H groups in total. The SMILES string of the molecule is C=C(NC)N/C(N)=N/Cl.CC. The molecule has 0 bridgehead atoms. The molecule has 0 aromatic rings. The lowest BCUT2D eigenvalue weighted by atomic mass is 10.7. The minimum absolute atomic E-state index is 0.121. The van der Waals surface area contributed by atoms with Crippen molar-refractivity contribution in [2.75, 3.05) is 7.05 Å². The maximum Gasteiger partial charge on any atom is 0.211 e. The summed E-state index contributed by atoms with van der Waals surface area (Å²) in [4.78, 5) is 0. The summed E-state index contributed by atoms with van der Waals surface area (Å²) >= 11 is 4.98. The monoisotopic (exact) mass is 178 g/mol. The Labute approximate surface area is 72.6 Å². The second-order valence-corrected chi connectivity index (χ2v) is 1.49. The van der Waals surface area contributed by atoms with Crippen molar-refractivity contribution >= 4 is 17.7 Å². The van der Waals surface area contributed by atoms with E-state index in [-0.39, 0.29) is 5.96 Å². The molecule has 0 aromatic carbocycles. The van der Waals surface area contributed by atoms with Crippen LogP contribution < -0.4 is 16.4 Å². The molecule has 0 atom stereocenters. The molecular weight excluding hydrogens is 164 g/mol. The maximum atomic E-state index is 5.16. The Hall–Kier alpha value is -0.900. The number of rotatable bonds is 2. The highest BCUT2D eigenvalue weighted by Gasteiger charge is 1.88. The molecule has 0 spiro atoms. The minimum atomic E-state index is 0.121. The first-order chi connectivity index (χ1) is 5.20. The van der Waals surface area contributed by atoms with E-state index in [9.17, 15) is 0 Å². The summed E-state index contributed by atoms with van der Waals surface area (Å²) < 4.78 is 3.13. The van der Waals surface area contributed by atoms with Crippen LogP contribution in [0, 0.1) is 0 Å². The first-order valence-electron chi connectivity index (χ1n) is 3.28. The maximum absolute atomic E-state index is 5.16. The highest BCUT2D eigenvalue weighted by molar-refractivity contribution is 6.19. The molecule has 0 aliphatic carbocycles. The third kappa shape index (κ3) is 9.10. The van der Waals surface area contributed by atoms with Crippen LogP contribution in [-0.2, 0) is 0 Å². The Bertz CT molecular complexity index is 133. The number of nitrogens with two attached hydrogens (primary N) is 1. The number of halogens is 1. The summed E-state index contributed by atoms with van der Waals surface area (Å²) in [6.07, 6.45) is 0. The average molecular weight is 179 g/mol. The zero-order chi connectivity index (χ0) is 9.28. The van der Waals surface area contributed by atoms with Crippen molar-refractivity contribution in [1.29, 1.82) is 0 Å². The third-order valence-corrected chi connectivity index (χ3v) is 0.854. The molecule has 0 fully saturated rings. The van der Waals surface area contributed by atoms with Gasteiger partial charge in [-0.3, -0.25) is 0 Å². The molecule has 0 amide bonds. The zero-order valence-electron chi connectivity index (χ0n) is 7.11. The van der Waals surface area contributed by atoms with Crippen molar-refractivity contribution < 1.29 is 0 Å². The summed E-state index contributed by atoms with van der Waals surface area (Å²) in [5.74, 6) is 0.674. The first kappa shape index (κ1) is 12.7. The van der Waals surface area contributed by atoms with Crippen LogP contribution in [0.3, 0.4) is 0 Å². The summed E-state index contributed by atoms with van der Waals surface area (Å²) in [5.41, 5.74) is 5.16. The van der Waals surface area contributed by atoms with Gasteiger partial charge in [0.2, 0.25) is 5.96 Å². The van der Waals surface area contributed by atoms with Crippen LogP contribution in [0.15, 0.2) is 16.9 Å². The van der Waals surface area contributed by atoms with Gasteiger partial charge in [0.05, 0.1) is 5.82 Å². The van der Waals surface area contributed by atoms with Gasteiger partial charge in [0.1, 0.15) is 0 Å². The molecule has 4 nitrogen and oxygen atoms in total. The number of nitrogens with zero attached hydrogens (tertiary/aromatic N) is 1. The van der Waals surface area contributed by atoms with Crippen molar-refractivity contribution in [2.24, 2.45) is 10.2 Å². The number of guanidine groups is 1. The fourth-order valence-electron chi connectivity index (χ4n) is 0.238. The van der Waals surface area contributed by atoms with Crippen LogP contribution in [0.1, 0.15) is 13.8 Å². The van der Waals surface area contributed by atoms with Gasteiger partial charge in [0, 0.05) is 18.8 Å². The number of hydrogen-bond acceptors (Lipinski definition) is 2. The van der Waals surface area contributed by atoms with Gasteiger partial charge in [-0.05, 0) is 0 Å². The second kappa shape index (κ2) is 9.10. The van der Waals surface area contributed by atoms with E-state index in [4.69, 9.17) is 17.5 Å². The smallest absolute Gasteiger partial charge is 0.211 e. The van der Waals surface area contributed by atoms with Crippen molar-refractivity contribution in [3.8, 4) is 0 Å². The van der Waals surface area contributed by atoms with E-state index in [1.807, 2.05) is 13.8 Å². The van der Waals surface area contributed by atoms with Crippen molar-refractivity contribution in [1.82, 2.24) is 10.6 Å². The van der Waals surface area contributed by atoms with Crippen molar-refractivity contribution in [3.63, 3.8) is 0 Å². The largest absolute Gasteiger partial charge is 0.375 e. The molecule has 0 radical (unpaired) electrons. The van der Waals surface area contributed by atoms with Crippen LogP contribution in [0.4, 0.5) is 0 Å². The van der Waals surface area contributed by atoms with Crippen molar-refractivity contribution in [3.05, 3.63) is 12.4 Å². The van der Waals surface area contributed by atoms with Gasteiger partial charge in [-0.1, -0.05) is 20.4 Å². The molecule has 0 unspecified atom stereocenters. The van der Waals surface area contributed by atoms with Gasteiger partial charge >= 0.3 is 0 Å². The molecule has 0 saturated heterocycles. The summed E-state index contributed by atoms with van der Waals surface area (Å²) in [7, 11) is 1.71. The molecule has 66 valence electrons. The van der Waals surface area contributed by atoms with Crippen molar-refractivity contribution in [2.45, 2.75) is 13.8 Å². The molecule has 0 heterocycles. The fourth-order valence-corrected chi connectivity index (χ4v) is 0.280. The van der Waals surface area contributed by atoms with Crippen LogP contribution >= 0.6 is 11.8 Å². The Morgan fingerprint density at radius 2 is 2.00 bits per heavy atom. The van der Waals surface area contributed by atoms with Crippen LogP contribution in [0.25, 0.3) is 0 Å². The normalized spacial score (nSPS) is 9.27. The summed E-state index contributed by atoms with van der Waals surface area (Å²) in [5, 5.41) is 5.27. The molecule has 0 rings (SSSR count). The molecule has 0 aliphatic heterocycles. The van der Waals surface area contributed by atoms with E-state index in [2.05, 4.69) is 21.7 Å². The van der Waals surface area contributed by atoms with E-state index in [1.54, 1.807) is 7.05 Å². The fraction of sp³-hybridized carbons (Fsp3) is 0.500. The summed E-state index contributed by atoms with van der Waals surface area (Å²) in [6.45, 7) is 7.52. The van der Waals surface area contributed by atoms with Crippen LogP contribution in [-0.4, -0.2) is 13.0 Å². The molecule has 11 heavy (non-hydrogen) atoms. The summed E-state index contributed by atoms with van der Waals surface area (Å²) in [6, 6.07) is 0. The predicted octanol–water partition coefficient (Wildman–Crippen LogP) is 0.761. The first-order valence-corrected chi connectivity index (χ1v) is 3.62. The number of nitrogens with one attached hydrogen (secondary N) is 2. The topological polar surface area (TPSA) is 62.4 Å². The van der Waals surface area contributed by atoms with Gasteiger partial charge in [0.25, 0.3) is 0 Å². The quantitative estimate of drug-likeness (QED) is 0.432. The number of hydrogen-bond donors (Lipinski definition) is 3. The van der Waals surface area contributed by atoms with Gasteiger partial charge in [0.15, 0.2) is 0 Å². The molecule has 0 saturated carbocycles. The minimum Gasteiger partial charge on any atom is -0.375 e. The van der Waals surface area contributed by atoms with Crippen LogP contribution in [0.2, 0.25) is 0 Å². The molecule has 0 aromatic heterocycles. The zero-order valence-corrected chi connectivity index (χ0v) is 7.87. The van der Waals surface area contributed by atoms with E-state index >= 15 is 0 Å². The Morgan fingerprint density at radius 1 is 1.55 bits per heavy atom. The highest BCUT2D eigenvalue weighted by Crippen LogP contribution is 1.75. The predicted molar refractivity (Wildman–Crippen MR) is 50.2 cm³/mol. The lowest BCUT2D eigenvalue weighted by Gasteiger charge is -2.04. The molecular formula is C6H15ClN4. The van der Waals surface area contributed by atoms with Gasteiger partial charge in [-0.15, -0.1) is 4.51 Å². The van der Waals surface area contributed by atoms with E-state index in [0.717, 1.165) is 0 Å². The Balaban J connectivity index is 0. The van der Waals surface area contributed by atoms with E-state index in [0.29, 0.717) is 5.82 Å². The molecule has 0 aliphatic rings. The molecule has 5 heteroatoms. The lowest BCUT2D eigenvalue weighted by Crippen LogP contribution is -2.34. The standard InChI is InChI=1S/C4H9ClN4.C2H6/c1-3(7-2)8-4(6)9-5;1-2/h7H,1H2,2H3,(H3,6,8,9);1-2H3. The van der Waals surface area contributed by atoms with Gasteiger partial charge in [-0.2, -0.15) is 0 Å². The third-order valence-electron chi connectivity index (χ3n) is 0.672. The average Bonchev–Trinajstić information content (AvgIpc) is 2.07. The second-order valence-electron chi connectivity index (χ2n) is 1.32. The van der Waals surface area contributed by atoms with E-state index in [1.165, 1.54) is 0 Å². The van der Waals surface area contributed by atoms with Gasteiger partial charge < -0.3 is 16.4 Å².